The van der Waals surface area contributed by atoms with E-state index in [0.29, 0.717) is 5.92 Å². The maximum atomic E-state index is 11.3. The minimum absolute atomic E-state index is 0.565. The number of carboxylic acids is 1. The van der Waals surface area contributed by atoms with Gasteiger partial charge in [0.15, 0.2) is 0 Å². The topological polar surface area (TPSA) is 37.3 Å². The predicted molar refractivity (Wildman–Crippen MR) is 77.5 cm³/mol. The van der Waals surface area contributed by atoms with Gasteiger partial charge >= 0.3 is 5.97 Å². The first kappa shape index (κ1) is 14.1. The molecular formula is C17H24O2. The minimum atomic E-state index is -0.670. The van der Waals surface area contributed by atoms with Crippen LogP contribution in [0.5, 0.6) is 0 Å². The molecule has 1 aromatic carbocycles. The van der Waals surface area contributed by atoms with Crippen LogP contribution in [0.4, 0.5) is 0 Å². The van der Waals surface area contributed by atoms with E-state index in [1.807, 2.05) is 12.1 Å². The van der Waals surface area contributed by atoms with Gasteiger partial charge in [0, 0.05) is 0 Å². The third kappa shape index (κ3) is 2.99. The Bertz CT molecular complexity index is 429. The number of benzene rings is 1. The number of rotatable bonds is 7. The first-order valence-corrected chi connectivity index (χ1v) is 7.44. The summed E-state index contributed by atoms with van der Waals surface area (Å²) >= 11 is 0. The second kappa shape index (κ2) is 5.77. The summed E-state index contributed by atoms with van der Waals surface area (Å²) in [5.41, 5.74) is 1.75. The Kier molecular flexibility index (Phi) is 4.28. The third-order valence-corrected chi connectivity index (χ3v) is 4.43. The summed E-state index contributed by atoms with van der Waals surface area (Å²) in [5.74, 6) is -0.100. The molecule has 2 nitrogen and oxygen atoms in total. The van der Waals surface area contributed by atoms with Gasteiger partial charge in [0.25, 0.3) is 0 Å². The number of carbonyl (C=O) groups is 1. The van der Waals surface area contributed by atoms with Gasteiger partial charge in [0.05, 0.1) is 5.41 Å². The van der Waals surface area contributed by atoms with E-state index in [1.54, 1.807) is 0 Å². The fourth-order valence-electron chi connectivity index (χ4n) is 2.75. The Hall–Kier alpha value is -1.31. The lowest BCUT2D eigenvalue weighted by Crippen LogP contribution is -2.19. The van der Waals surface area contributed by atoms with Gasteiger partial charge < -0.3 is 5.11 Å². The number of hydrogen-bond donors (Lipinski definition) is 1. The van der Waals surface area contributed by atoms with Crippen LogP contribution in [-0.4, -0.2) is 11.1 Å². The molecule has 0 aromatic heterocycles. The molecule has 1 N–H and O–H groups in total. The third-order valence-electron chi connectivity index (χ3n) is 4.43. The Balaban J connectivity index is 2.00. The van der Waals surface area contributed by atoms with E-state index in [2.05, 4.69) is 26.0 Å². The molecule has 19 heavy (non-hydrogen) atoms. The molecule has 1 aliphatic carbocycles. The van der Waals surface area contributed by atoms with Crippen LogP contribution in [0.25, 0.3) is 0 Å². The van der Waals surface area contributed by atoms with E-state index < -0.39 is 11.4 Å². The Morgan fingerprint density at radius 3 is 2.37 bits per heavy atom. The van der Waals surface area contributed by atoms with Crippen LogP contribution in [0, 0.1) is 0 Å². The Labute approximate surface area is 115 Å². The van der Waals surface area contributed by atoms with Gasteiger partial charge in [-0.3, -0.25) is 4.79 Å². The highest BCUT2D eigenvalue weighted by molar-refractivity contribution is 5.84. The Morgan fingerprint density at radius 2 is 1.89 bits per heavy atom. The van der Waals surface area contributed by atoms with Crippen LogP contribution < -0.4 is 0 Å². The van der Waals surface area contributed by atoms with Crippen molar-refractivity contribution < 1.29 is 9.90 Å². The highest BCUT2D eigenvalue weighted by atomic mass is 16.4. The number of aliphatic carboxylic acids is 1. The van der Waals surface area contributed by atoms with E-state index in [9.17, 15) is 9.90 Å². The summed E-state index contributed by atoms with van der Waals surface area (Å²) in [6.45, 7) is 4.48. The summed E-state index contributed by atoms with van der Waals surface area (Å²) in [6.07, 6.45) is 6.62. The second-order valence-corrected chi connectivity index (χ2v) is 5.91. The van der Waals surface area contributed by atoms with Crippen LogP contribution in [0.2, 0.25) is 0 Å². The molecule has 1 saturated carbocycles. The molecule has 0 saturated heterocycles. The van der Waals surface area contributed by atoms with Crippen LogP contribution in [0.15, 0.2) is 24.3 Å². The monoisotopic (exact) mass is 260 g/mol. The molecule has 0 amide bonds. The molecule has 0 spiro atoms. The molecule has 0 bridgehead atoms. The van der Waals surface area contributed by atoms with E-state index in [1.165, 1.54) is 31.2 Å². The van der Waals surface area contributed by atoms with Crippen LogP contribution in [0.3, 0.4) is 0 Å². The fourth-order valence-corrected chi connectivity index (χ4v) is 2.75. The first-order chi connectivity index (χ1) is 9.10. The first-order valence-electron chi connectivity index (χ1n) is 7.44. The number of unbranched alkanes of at least 4 members (excludes halogenated alkanes) is 2. The lowest BCUT2D eigenvalue weighted by Gasteiger charge is -2.14. The standard InChI is InChI=1S/C17H24O2/c1-3-4-5-6-13(2)14-7-9-15(10-8-14)17(11-12-17)16(18)19/h7-10,13H,3-6,11-12H2,1-2H3,(H,18,19). The minimum Gasteiger partial charge on any atom is -0.481 e. The Morgan fingerprint density at radius 1 is 1.26 bits per heavy atom. The zero-order chi connectivity index (χ0) is 13.9. The molecular weight excluding hydrogens is 236 g/mol. The molecule has 0 aliphatic heterocycles. The van der Waals surface area contributed by atoms with Crippen molar-refractivity contribution in [2.24, 2.45) is 0 Å². The smallest absolute Gasteiger partial charge is 0.314 e. The van der Waals surface area contributed by atoms with Crippen molar-refractivity contribution in [3.8, 4) is 0 Å². The summed E-state index contributed by atoms with van der Waals surface area (Å²) in [6, 6.07) is 8.28. The van der Waals surface area contributed by atoms with E-state index in [4.69, 9.17) is 0 Å². The fraction of sp³-hybridized carbons (Fsp3) is 0.588. The lowest BCUT2D eigenvalue weighted by molar-refractivity contribution is -0.140. The largest absolute Gasteiger partial charge is 0.481 e. The molecule has 2 rings (SSSR count). The van der Waals surface area contributed by atoms with Crippen LogP contribution in [0.1, 0.15) is 69.4 Å². The summed E-state index contributed by atoms with van der Waals surface area (Å²) < 4.78 is 0. The molecule has 1 unspecified atom stereocenters. The van der Waals surface area contributed by atoms with Gasteiger partial charge in [-0.15, -0.1) is 0 Å². The number of carboxylic acid groups (broad SMARTS) is 1. The van der Waals surface area contributed by atoms with Crippen molar-refractivity contribution in [3.05, 3.63) is 35.4 Å². The van der Waals surface area contributed by atoms with Crippen molar-refractivity contribution in [1.82, 2.24) is 0 Å². The second-order valence-electron chi connectivity index (χ2n) is 5.91. The molecule has 0 heterocycles. The summed E-state index contributed by atoms with van der Waals surface area (Å²) in [4.78, 5) is 11.3. The average molecular weight is 260 g/mol. The van der Waals surface area contributed by atoms with Gasteiger partial charge in [-0.2, -0.15) is 0 Å². The highest BCUT2D eigenvalue weighted by Crippen LogP contribution is 2.48. The van der Waals surface area contributed by atoms with Crippen molar-refractivity contribution >= 4 is 5.97 Å². The van der Waals surface area contributed by atoms with E-state index >= 15 is 0 Å². The zero-order valence-corrected chi connectivity index (χ0v) is 12.0. The predicted octanol–water partition coefficient (Wildman–Crippen LogP) is 4.49. The normalized spacial score (nSPS) is 18.0. The molecule has 0 radical (unpaired) electrons. The van der Waals surface area contributed by atoms with Crippen molar-refractivity contribution in [2.75, 3.05) is 0 Å². The van der Waals surface area contributed by atoms with Gasteiger partial charge in [-0.25, -0.2) is 0 Å². The molecule has 1 aliphatic rings. The SMILES string of the molecule is CCCCCC(C)c1ccc(C2(C(=O)O)CC2)cc1. The zero-order valence-electron chi connectivity index (χ0n) is 12.0. The van der Waals surface area contributed by atoms with Gasteiger partial charge in [0.1, 0.15) is 0 Å². The summed E-state index contributed by atoms with van der Waals surface area (Å²) in [5, 5.41) is 9.28. The lowest BCUT2D eigenvalue weighted by atomic mass is 9.90. The molecule has 1 fully saturated rings. The highest BCUT2D eigenvalue weighted by Gasteiger charge is 2.51. The molecule has 2 heteroatoms. The van der Waals surface area contributed by atoms with Crippen molar-refractivity contribution in [2.45, 2.75) is 63.7 Å². The van der Waals surface area contributed by atoms with E-state index in [0.717, 1.165) is 18.4 Å². The van der Waals surface area contributed by atoms with Crippen molar-refractivity contribution in [1.29, 1.82) is 0 Å². The summed E-state index contributed by atoms with van der Waals surface area (Å²) in [7, 11) is 0. The van der Waals surface area contributed by atoms with E-state index in [-0.39, 0.29) is 0 Å². The molecule has 104 valence electrons. The van der Waals surface area contributed by atoms with Gasteiger partial charge in [-0.1, -0.05) is 57.4 Å². The maximum absolute atomic E-state index is 11.3. The van der Waals surface area contributed by atoms with Gasteiger partial charge in [-0.05, 0) is 36.3 Å². The van der Waals surface area contributed by atoms with Crippen molar-refractivity contribution in [3.63, 3.8) is 0 Å². The van der Waals surface area contributed by atoms with Gasteiger partial charge in [0.2, 0.25) is 0 Å². The van der Waals surface area contributed by atoms with Crippen LogP contribution >= 0.6 is 0 Å². The quantitative estimate of drug-likeness (QED) is 0.733. The average Bonchev–Trinajstić information content (AvgIpc) is 3.20. The molecule has 1 atom stereocenters. The number of hydrogen-bond acceptors (Lipinski definition) is 1. The maximum Gasteiger partial charge on any atom is 0.314 e. The molecule has 1 aromatic rings. The van der Waals surface area contributed by atoms with Crippen LogP contribution in [-0.2, 0) is 10.2 Å².